The molecular weight excluding hydrogens is 182 g/mol. The number of hydrogen-bond acceptors (Lipinski definition) is 2. The first kappa shape index (κ1) is 12.9. The Morgan fingerprint density at radius 2 is 1.86 bits per heavy atom. The molecule has 0 radical (unpaired) electrons. The van der Waals surface area contributed by atoms with Gasteiger partial charge in [-0.3, -0.25) is 9.59 Å². The lowest BCUT2D eigenvalue weighted by Crippen LogP contribution is -2.39. The average molecular weight is 201 g/mol. The summed E-state index contributed by atoms with van der Waals surface area (Å²) >= 11 is 0. The Labute approximate surface area is 84.9 Å². The third-order valence-electron chi connectivity index (χ3n) is 2.13. The number of carboxylic acids is 1. The number of carboxylic acid groups (broad SMARTS) is 1. The molecule has 0 aromatic carbocycles. The summed E-state index contributed by atoms with van der Waals surface area (Å²) in [6, 6.07) is 0. The third-order valence-corrected chi connectivity index (χ3v) is 2.13. The van der Waals surface area contributed by atoms with E-state index in [1.165, 1.54) is 4.90 Å². The molecule has 0 aliphatic heterocycles. The second-order valence-electron chi connectivity index (χ2n) is 3.82. The Balaban J connectivity index is 4.52. The SMILES string of the molecule is CCCN(C)C(=O)C(C(=O)O)C(C)C. The van der Waals surface area contributed by atoms with Crippen molar-refractivity contribution >= 4 is 11.9 Å². The molecule has 0 bridgehead atoms. The van der Waals surface area contributed by atoms with Crippen LogP contribution in [0.25, 0.3) is 0 Å². The van der Waals surface area contributed by atoms with Crippen molar-refractivity contribution in [3.05, 3.63) is 0 Å². The van der Waals surface area contributed by atoms with E-state index in [4.69, 9.17) is 5.11 Å². The van der Waals surface area contributed by atoms with Crippen molar-refractivity contribution in [3.63, 3.8) is 0 Å². The van der Waals surface area contributed by atoms with Crippen LogP contribution in [0.4, 0.5) is 0 Å². The summed E-state index contributed by atoms with van der Waals surface area (Å²) in [4.78, 5) is 24.0. The van der Waals surface area contributed by atoms with Crippen LogP contribution in [0.1, 0.15) is 27.2 Å². The van der Waals surface area contributed by atoms with E-state index in [-0.39, 0.29) is 11.8 Å². The highest BCUT2D eigenvalue weighted by molar-refractivity contribution is 5.97. The summed E-state index contributed by atoms with van der Waals surface area (Å²) in [5.74, 6) is -2.41. The van der Waals surface area contributed by atoms with Gasteiger partial charge in [-0.2, -0.15) is 0 Å². The number of amides is 1. The molecule has 0 aromatic heterocycles. The zero-order valence-corrected chi connectivity index (χ0v) is 9.28. The smallest absolute Gasteiger partial charge is 0.316 e. The van der Waals surface area contributed by atoms with Crippen molar-refractivity contribution in [1.82, 2.24) is 4.90 Å². The van der Waals surface area contributed by atoms with Gasteiger partial charge in [-0.25, -0.2) is 0 Å². The van der Waals surface area contributed by atoms with Gasteiger partial charge in [0, 0.05) is 13.6 Å². The number of carbonyl (C=O) groups is 2. The maximum Gasteiger partial charge on any atom is 0.316 e. The lowest BCUT2D eigenvalue weighted by Gasteiger charge is -2.22. The van der Waals surface area contributed by atoms with Crippen LogP contribution >= 0.6 is 0 Å². The van der Waals surface area contributed by atoms with Gasteiger partial charge in [0.05, 0.1) is 0 Å². The molecule has 14 heavy (non-hydrogen) atoms. The van der Waals surface area contributed by atoms with Crippen LogP contribution in [0.15, 0.2) is 0 Å². The molecule has 0 fully saturated rings. The van der Waals surface area contributed by atoms with Crippen molar-refractivity contribution in [3.8, 4) is 0 Å². The van der Waals surface area contributed by atoms with Crippen molar-refractivity contribution in [2.75, 3.05) is 13.6 Å². The maximum absolute atomic E-state index is 11.7. The summed E-state index contributed by atoms with van der Waals surface area (Å²) in [6.07, 6.45) is 0.840. The zero-order chi connectivity index (χ0) is 11.3. The van der Waals surface area contributed by atoms with Crippen LogP contribution in [0, 0.1) is 11.8 Å². The highest BCUT2D eigenvalue weighted by Crippen LogP contribution is 2.14. The largest absolute Gasteiger partial charge is 0.481 e. The molecule has 0 aromatic rings. The number of rotatable bonds is 5. The number of hydrogen-bond donors (Lipinski definition) is 1. The van der Waals surface area contributed by atoms with Crippen molar-refractivity contribution in [2.45, 2.75) is 27.2 Å². The molecule has 4 heteroatoms. The molecule has 1 atom stereocenters. The van der Waals surface area contributed by atoms with E-state index in [0.717, 1.165) is 6.42 Å². The lowest BCUT2D eigenvalue weighted by molar-refractivity contribution is -0.152. The summed E-state index contributed by atoms with van der Waals surface area (Å²) in [6.45, 7) is 6.05. The Morgan fingerprint density at radius 1 is 1.36 bits per heavy atom. The molecule has 0 rings (SSSR count). The average Bonchev–Trinajstić information content (AvgIpc) is 2.03. The first-order valence-electron chi connectivity index (χ1n) is 4.89. The fourth-order valence-corrected chi connectivity index (χ4v) is 1.36. The van der Waals surface area contributed by atoms with E-state index >= 15 is 0 Å². The Kier molecular flexibility index (Phi) is 5.20. The van der Waals surface area contributed by atoms with Gasteiger partial charge in [0.15, 0.2) is 0 Å². The van der Waals surface area contributed by atoms with Crippen LogP contribution in [0.5, 0.6) is 0 Å². The molecule has 4 nitrogen and oxygen atoms in total. The maximum atomic E-state index is 11.7. The van der Waals surface area contributed by atoms with E-state index in [2.05, 4.69) is 0 Å². The molecular formula is C10H19NO3. The minimum atomic E-state index is -1.03. The van der Waals surface area contributed by atoms with E-state index in [1.807, 2.05) is 6.92 Å². The predicted molar refractivity (Wildman–Crippen MR) is 53.9 cm³/mol. The van der Waals surface area contributed by atoms with Crippen LogP contribution in [0.3, 0.4) is 0 Å². The third kappa shape index (κ3) is 3.36. The van der Waals surface area contributed by atoms with Gasteiger partial charge >= 0.3 is 5.97 Å². The first-order valence-corrected chi connectivity index (χ1v) is 4.89. The first-order chi connectivity index (χ1) is 6.41. The molecule has 1 unspecified atom stereocenters. The lowest BCUT2D eigenvalue weighted by atomic mass is 9.94. The second kappa shape index (κ2) is 5.62. The van der Waals surface area contributed by atoms with Gasteiger partial charge in [0.2, 0.25) is 5.91 Å². The Bertz CT molecular complexity index is 213. The van der Waals surface area contributed by atoms with Crippen LogP contribution < -0.4 is 0 Å². The quantitative estimate of drug-likeness (QED) is 0.680. The highest BCUT2D eigenvalue weighted by atomic mass is 16.4. The van der Waals surface area contributed by atoms with E-state index < -0.39 is 11.9 Å². The van der Waals surface area contributed by atoms with E-state index in [0.29, 0.717) is 6.54 Å². The predicted octanol–water partition coefficient (Wildman–Crippen LogP) is 1.21. The van der Waals surface area contributed by atoms with E-state index in [1.54, 1.807) is 20.9 Å². The highest BCUT2D eigenvalue weighted by Gasteiger charge is 2.31. The van der Waals surface area contributed by atoms with Gasteiger partial charge in [0.25, 0.3) is 0 Å². The van der Waals surface area contributed by atoms with Crippen molar-refractivity contribution in [2.24, 2.45) is 11.8 Å². The minimum absolute atomic E-state index is 0.167. The Morgan fingerprint density at radius 3 is 2.14 bits per heavy atom. The standard InChI is InChI=1S/C10H19NO3/c1-5-6-11(4)9(12)8(7(2)3)10(13)14/h7-8H,5-6H2,1-4H3,(H,13,14). The van der Waals surface area contributed by atoms with Crippen LogP contribution in [-0.2, 0) is 9.59 Å². The zero-order valence-electron chi connectivity index (χ0n) is 9.28. The summed E-state index contributed by atoms with van der Waals surface area (Å²) in [7, 11) is 1.64. The molecule has 0 saturated carbocycles. The van der Waals surface area contributed by atoms with Gasteiger partial charge in [-0.1, -0.05) is 20.8 Å². The van der Waals surface area contributed by atoms with Crippen molar-refractivity contribution < 1.29 is 14.7 Å². The molecule has 1 amide bonds. The summed E-state index contributed by atoms with van der Waals surface area (Å²) < 4.78 is 0. The topological polar surface area (TPSA) is 57.6 Å². The van der Waals surface area contributed by atoms with Gasteiger partial charge in [0.1, 0.15) is 5.92 Å². The van der Waals surface area contributed by atoms with Gasteiger partial charge in [-0.15, -0.1) is 0 Å². The van der Waals surface area contributed by atoms with E-state index in [9.17, 15) is 9.59 Å². The molecule has 0 spiro atoms. The molecule has 82 valence electrons. The normalized spacial score (nSPS) is 12.6. The Hall–Kier alpha value is -1.06. The van der Waals surface area contributed by atoms with Crippen LogP contribution in [0.2, 0.25) is 0 Å². The fourth-order valence-electron chi connectivity index (χ4n) is 1.36. The molecule has 0 saturated heterocycles. The molecule has 0 aliphatic carbocycles. The van der Waals surface area contributed by atoms with Crippen molar-refractivity contribution in [1.29, 1.82) is 0 Å². The summed E-state index contributed by atoms with van der Waals surface area (Å²) in [5, 5.41) is 8.88. The fraction of sp³-hybridized carbons (Fsp3) is 0.800. The monoisotopic (exact) mass is 201 g/mol. The molecule has 0 heterocycles. The van der Waals surface area contributed by atoms with Crippen LogP contribution in [-0.4, -0.2) is 35.5 Å². The number of carbonyl (C=O) groups excluding carboxylic acids is 1. The second-order valence-corrected chi connectivity index (χ2v) is 3.82. The van der Waals surface area contributed by atoms with Gasteiger partial charge in [-0.05, 0) is 12.3 Å². The van der Waals surface area contributed by atoms with Gasteiger partial charge < -0.3 is 10.0 Å². The minimum Gasteiger partial charge on any atom is -0.481 e. The molecule has 0 aliphatic rings. The number of aliphatic carboxylic acids is 1. The number of nitrogens with zero attached hydrogens (tertiary/aromatic N) is 1. The molecule has 1 N–H and O–H groups in total. The summed E-state index contributed by atoms with van der Waals surface area (Å²) in [5.41, 5.74) is 0.